The van der Waals surface area contributed by atoms with Gasteiger partial charge in [-0.3, -0.25) is 9.59 Å². The zero-order valence-electron chi connectivity index (χ0n) is 13.1. The summed E-state index contributed by atoms with van der Waals surface area (Å²) in [4.78, 5) is 30.2. The first-order valence-electron chi connectivity index (χ1n) is 7.15. The molecular formula is C16H16N4O3. The summed E-state index contributed by atoms with van der Waals surface area (Å²) in [6.07, 6.45) is 0.0461. The minimum absolute atomic E-state index is 0.0461. The number of hydrogen-bond acceptors (Lipinski definition) is 5. The topological polar surface area (TPSA) is 101 Å². The summed E-state index contributed by atoms with van der Waals surface area (Å²) in [5, 5.41) is 7.44. The zero-order chi connectivity index (χ0) is 16.6. The van der Waals surface area contributed by atoms with E-state index in [9.17, 15) is 9.59 Å². The van der Waals surface area contributed by atoms with Gasteiger partial charge in [-0.05, 0) is 38.0 Å². The van der Waals surface area contributed by atoms with Crippen LogP contribution >= 0.6 is 0 Å². The molecule has 7 heteroatoms. The second kappa shape index (κ2) is 5.68. The van der Waals surface area contributed by atoms with Crippen molar-refractivity contribution in [1.82, 2.24) is 15.1 Å². The van der Waals surface area contributed by atoms with Gasteiger partial charge in [0.15, 0.2) is 5.58 Å². The van der Waals surface area contributed by atoms with Crippen LogP contribution in [0.2, 0.25) is 0 Å². The van der Waals surface area contributed by atoms with Gasteiger partial charge in [0.1, 0.15) is 17.3 Å². The SMILES string of the molecule is Cc1cc(C)c2c(CC(=O)Nc3cc(=O)[nH]c(C)n3)noc2c1. The Kier molecular flexibility index (Phi) is 3.69. The summed E-state index contributed by atoms with van der Waals surface area (Å²) >= 11 is 0. The van der Waals surface area contributed by atoms with Crippen LogP contribution < -0.4 is 10.9 Å². The molecule has 0 saturated heterocycles. The Labute approximate surface area is 131 Å². The lowest BCUT2D eigenvalue weighted by Gasteiger charge is -2.04. The van der Waals surface area contributed by atoms with E-state index in [1.54, 1.807) is 6.92 Å². The number of aromatic nitrogens is 3. The molecule has 7 nitrogen and oxygen atoms in total. The first kappa shape index (κ1) is 15.0. The standard InChI is InChI=1S/C16H16N4O3/c1-8-4-9(2)16-11(20-23-12(16)5-8)6-14(21)19-13-7-15(22)18-10(3)17-13/h4-5,7H,6H2,1-3H3,(H2,17,18,19,21,22). The van der Waals surface area contributed by atoms with Crippen molar-refractivity contribution in [3.05, 3.63) is 51.2 Å². The van der Waals surface area contributed by atoms with E-state index >= 15 is 0 Å². The molecule has 1 amide bonds. The molecular weight excluding hydrogens is 296 g/mol. The molecule has 0 aliphatic rings. The van der Waals surface area contributed by atoms with Crippen molar-refractivity contribution in [3.63, 3.8) is 0 Å². The lowest BCUT2D eigenvalue weighted by Crippen LogP contribution is -2.19. The van der Waals surface area contributed by atoms with Crippen molar-refractivity contribution >= 4 is 22.7 Å². The molecule has 2 aromatic heterocycles. The van der Waals surface area contributed by atoms with E-state index in [0.717, 1.165) is 16.5 Å². The molecule has 3 aromatic rings. The number of rotatable bonds is 3. The van der Waals surface area contributed by atoms with Crippen LogP contribution in [-0.4, -0.2) is 21.0 Å². The summed E-state index contributed by atoms with van der Waals surface area (Å²) in [6, 6.07) is 5.14. The van der Waals surface area contributed by atoms with Gasteiger partial charge in [-0.2, -0.15) is 0 Å². The maximum absolute atomic E-state index is 12.2. The second-order valence-corrected chi connectivity index (χ2v) is 5.53. The third-order valence-corrected chi connectivity index (χ3v) is 3.44. The fourth-order valence-corrected chi connectivity index (χ4v) is 2.62. The van der Waals surface area contributed by atoms with Crippen LogP contribution in [0.25, 0.3) is 11.0 Å². The number of aromatic amines is 1. The summed E-state index contributed by atoms with van der Waals surface area (Å²) < 4.78 is 5.30. The van der Waals surface area contributed by atoms with Crippen molar-refractivity contribution in [1.29, 1.82) is 0 Å². The number of aryl methyl sites for hydroxylation is 3. The van der Waals surface area contributed by atoms with Gasteiger partial charge < -0.3 is 14.8 Å². The number of hydrogen-bond donors (Lipinski definition) is 2. The van der Waals surface area contributed by atoms with E-state index < -0.39 is 0 Å². The Bertz CT molecular complexity index is 956. The quantitative estimate of drug-likeness (QED) is 0.770. The highest BCUT2D eigenvalue weighted by molar-refractivity contribution is 5.94. The first-order chi connectivity index (χ1) is 10.9. The third kappa shape index (κ3) is 3.13. The molecule has 23 heavy (non-hydrogen) atoms. The number of nitrogens with one attached hydrogen (secondary N) is 2. The third-order valence-electron chi connectivity index (χ3n) is 3.44. The van der Waals surface area contributed by atoms with E-state index in [2.05, 4.69) is 20.4 Å². The maximum Gasteiger partial charge on any atom is 0.252 e. The minimum atomic E-state index is -0.314. The van der Waals surface area contributed by atoms with E-state index in [4.69, 9.17) is 4.52 Å². The van der Waals surface area contributed by atoms with Crippen LogP contribution in [0.5, 0.6) is 0 Å². The van der Waals surface area contributed by atoms with E-state index in [0.29, 0.717) is 17.1 Å². The van der Waals surface area contributed by atoms with E-state index in [1.807, 2.05) is 26.0 Å². The Balaban J connectivity index is 1.84. The Hall–Kier alpha value is -2.96. The van der Waals surface area contributed by atoms with Gasteiger partial charge in [0.05, 0.1) is 6.42 Å². The number of nitrogens with zero attached hydrogens (tertiary/aromatic N) is 2. The lowest BCUT2D eigenvalue weighted by molar-refractivity contribution is -0.115. The molecule has 3 rings (SSSR count). The van der Waals surface area contributed by atoms with Crippen molar-refractivity contribution in [2.24, 2.45) is 0 Å². The van der Waals surface area contributed by atoms with Crippen molar-refractivity contribution in [3.8, 4) is 0 Å². The van der Waals surface area contributed by atoms with Crippen molar-refractivity contribution in [2.45, 2.75) is 27.2 Å². The van der Waals surface area contributed by atoms with Crippen LogP contribution in [0.15, 0.2) is 27.5 Å². The Morgan fingerprint density at radius 2 is 2.04 bits per heavy atom. The van der Waals surface area contributed by atoms with Crippen LogP contribution in [0.3, 0.4) is 0 Å². The fraction of sp³-hybridized carbons (Fsp3) is 0.250. The van der Waals surface area contributed by atoms with Gasteiger partial charge >= 0.3 is 0 Å². The van der Waals surface area contributed by atoms with Gasteiger partial charge in [0, 0.05) is 11.5 Å². The van der Waals surface area contributed by atoms with E-state index in [1.165, 1.54) is 6.07 Å². The number of amides is 1. The number of benzene rings is 1. The predicted octanol–water partition coefficient (Wildman–Crippen LogP) is 2.02. The molecule has 0 saturated carbocycles. The second-order valence-electron chi connectivity index (χ2n) is 5.53. The normalized spacial score (nSPS) is 10.9. The number of H-pyrrole nitrogens is 1. The molecule has 0 fully saturated rings. The summed E-state index contributed by atoms with van der Waals surface area (Å²) in [6.45, 7) is 5.58. The Morgan fingerprint density at radius 3 is 2.78 bits per heavy atom. The summed E-state index contributed by atoms with van der Waals surface area (Å²) in [5.41, 5.74) is 3.00. The minimum Gasteiger partial charge on any atom is -0.356 e. The monoisotopic (exact) mass is 312 g/mol. The smallest absolute Gasteiger partial charge is 0.252 e. The van der Waals surface area contributed by atoms with Crippen molar-refractivity contribution < 1.29 is 9.32 Å². The highest BCUT2D eigenvalue weighted by Crippen LogP contribution is 2.24. The molecule has 0 aliphatic heterocycles. The molecule has 2 N–H and O–H groups in total. The van der Waals surface area contributed by atoms with Gasteiger partial charge in [-0.25, -0.2) is 4.98 Å². The summed E-state index contributed by atoms with van der Waals surface area (Å²) in [5.74, 6) is 0.347. The number of carbonyl (C=O) groups excluding carboxylic acids is 1. The predicted molar refractivity (Wildman–Crippen MR) is 85.4 cm³/mol. The molecule has 0 unspecified atom stereocenters. The molecule has 0 atom stereocenters. The van der Waals surface area contributed by atoms with Crippen LogP contribution in [0, 0.1) is 20.8 Å². The zero-order valence-corrected chi connectivity index (χ0v) is 13.1. The van der Waals surface area contributed by atoms with Gasteiger partial charge in [0.2, 0.25) is 5.91 Å². The van der Waals surface area contributed by atoms with Gasteiger partial charge in [-0.15, -0.1) is 0 Å². The number of fused-ring (bicyclic) bond motifs is 1. The molecule has 0 aliphatic carbocycles. The highest BCUT2D eigenvalue weighted by atomic mass is 16.5. The number of carbonyl (C=O) groups is 1. The first-order valence-corrected chi connectivity index (χ1v) is 7.15. The van der Waals surface area contributed by atoms with E-state index in [-0.39, 0.29) is 23.7 Å². The molecule has 0 radical (unpaired) electrons. The largest absolute Gasteiger partial charge is 0.356 e. The van der Waals surface area contributed by atoms with Gasteiger partial charge in [0.25, 0.3) is 5.56 Å². The average molecular weight is 312 g/mol. The van der Waals surface area contributed by atoms with Gasteiger partial charge in [-0.1, -0.05) is 11.2 Å². The highest BCUT2D eigenvalue weighted by Gasteiger charge is 2.15. The van der Waals surface area contributed by atoms with Crippen LogP contribution in [0.1, 0.15) is 22.6 Å². The average Bonchev–Trinajstić information content (AvgIpc) is 2.80. The lowest BCUT2D eigenvalue weighted by atomic mass is 10.0. The van der Waals surface area contributed by atoms with Crippen LogP contribution in [0.4, 0.5) is 5.82 Å². The Morgan fingerprint density at radius 1 is 1.26 bits per heavy atom. The molecule has 2 heterocycles. The summed E-state index contributed by atoms with van der Waals surface area (Å²) in [7, 11) is 0. The maximum atomic E-state index is 12.2. The molecule has 0 spiro atoms. The fourth-order valence-electron chi connectivity index (χ4n) is 2.62. The molecule has 118 valence electrons. The molecule has 0 bridgehead atoms. The van der Waals surface area contributed by atoms with Crippen LogP contribution in [-0.2, 0) is 11.2 Å². The number of anilines is 1. The van der Waals surface area contributed by atoms with Crippen molar-refractivity contribution in [2.75, 3.05) is 5.32 Å². The molecule has 1 aromatic carbocycles.